The number of benzene rings is 3. The van der Waals surface area contributed by atoms with Crippen molar-refractivity contribution in [2.75, 3.05) is 24.1 Å². The summed E-state index contributed by atoms with van der Waals surface area (Å²) in [7, 11) is -3.91. The number of rotatable bonds is 5. The van der Waals surface area contributed by atoms with E-state index in [9.17, 15) is 13.2 Å². The zero-order valence-electron chi connectivity index (χ0n) is 19.4. The van der Waals surface area contributed by atoms with Crippen LogP contribution in [0.15, 0.2) is 71.6 Å². The van der Waals surface area contributed by atoms with Crippen molar-refractivity contribution in [3.8, 4) is 17.2 Å². The van der Waals surface area contributed by atoms with Crippen LogP contribution in [0.1, 0.15) is 24.1 Å². The van der Waals surface area contributed by atoms with Gasteiger partial charge in [0.15, 0.2) is 17.6 Å². The van der Waals surface area contributed by atoms with Crippen LogP contribution >= 0.6 is 0 Å². The van der Waals surface area contributed by atoms with Crippen LogP contribution in [0.5, 0.6) is 17.2 Å². The number of carbonyl (C=O) groups is 1. The molecule has 0 radical (unpaired) electrons. The van der Waals surface area contributed by atoms with Crippen molar-refractivity contribution in [3.63, 3.8) is 0 Å². The molecule has 8 nitrogen and oxygen atoms in total. The molecule has 2 aliphatic rings. The van der Waals surface area contributed by atoms with Crippen LogP contribution in [-0.4, -0.2) is 40.2 Å². The first-order chi connectivity index (χ1) is 16.8. The Morgan fingerprint density at radius 2 is 1.69 bits per heavy atom. The molecule has 0 aromatic heterocycles. The highest BCUT2D eigenvalue weighted by molar-refractivity contribution is 7.92. The topological polar surface area (TPSA) is 94.2 Å². The molecule has 0 spiro atoms. The van der Waals surface area contributed by atoms with Crippen LogP contribution < -0.4 is 23.8 Å². The largest absolute Gasteiger partial charge is 0.486 e. The van der Waals surface area contributed by atoms with Gasteiger partial charge >= 0.3 is 0 Å². The van der Waals surface area contributed by atoms with E-state index in [4.69, 9.17) is 14.2 Å². The van der Waals surface area contributed by atoms with Gasteiger partial charge in [0.2, 0.25) is 0 Å². The van der Waals surface area contributed by atoms with E-state index in [2.05, 4.69) is 5.32 Å². The number of amides is 1. The lowest BCUT2D eigenvalue weighted by Gasteiger charge is -2.35. The van der Waals surface area contributed by atoms with Crippen molar-refractivity contribution < 1.29 is 27.4 Å². The van der Waals surface area contributed by atoms with Gasteiger partial charge in [-0.2, -0.15) is 0 Å². The van der Waals surface area contributed by atoms with Gasteiger partial charge in [0.05, 0.1) is 23.2 Å². The number of aryl methyl sites for hydroxylation is 1. The molecule has 1 amide bonds. The monoisotopic (exact) mass is 494 g/mol. The molecular formula is C26H26N2O6S. The highest BCUT2D eigenvalue weighted by atomic mass is 32.2. The predicted octanol–water partition coefficient (Wildman–Crippen LogP) is 3.60. The summed E-state index contributed by atoms with van der Waals surface area (Å²) in [5, 5.41) is 2.94. The van der Waals surface area contributed by atoms with Crippen LogP contribution in [0.25, 0.3) is 0 Å². The third-order valence-corrected chi connectivity index (χ3v) is 7.86. The smallest absolute Gasteiger partial charge is 0.264 e. The number of ether oxygens (including phenoxy) is 3. The van der Waals surface area contributed by atoms with Crippen molar-refractivity contribution in [2.45, 2.75) is 30.9 Å². The first-order valence-corrected chi connectivity index (χ1v) is 12.8. The fraction of sp³-hybridized carbons (Fsp3) is 0.269. The van der Waals surface area contributed by atoms with Crippen molar-refractivity contribution in [1.29, 1.82) is 0 Å². The summed E-state index contributed by atoms with van der Waals surface area (Å²) in [6.07, 6.45) is -1.02. The van der Waals surface area contributed by atoms with Gasteiger partial charge in [0.25, 0.3) is 15.9 Å². The Hall–Kier alpha value is -3.72. The first kappa shape index (κ1) is 23.0. The molecule has 0 fully saturated rings. The van der Waals surface area contributed by atoms with Crippen LogP contribution in [0.2, 0.25) is 0 Å². The van der Waals surface area contributed by atoms with E-state index in [1.807, 2.05) is 32.0 Å². The van der Waals surface area contributed by atoms with Gasteiger partial charge in [0, 0.05) is 0 Å². The fourth-order valence-corrected chi connectivity index (χ4v) is 5.60. The van der Waals surface area contributed by atoms with Crippen LogP contribution in [0.3, 0.4) is 0 Å². The highest BCUT2D eigenvalue weighted by Gasteiger charge is 2.37. The van der Waals surface area contributed by atoms with E-state index >= 15 is 0 Å². The molecule has 9 heteroatoms. The number of nitrogens with one attached hydrogen (secondary N) is 1. The van der Waals surface area contributed by atoms with Crippen molar-refractivity contribution in [3.05, 3.63) is 77.9 Å². The third kappa shape index (κ3) is 4.51. The van der Waals surface area contributed by atoms with Crippen LogP contribution in [-0.2, 0) is 14.8 Å². The summed E-state index contributed by atoms with van der Waals surface area (Å²) < 4.78 is 45.4. The maximum Gasteiger partial charge on any atom is 0.264 e. The van der Waals surface area contributed by atoms with Gasteiger partial charge in [-0.3, -0.25) is 9.10 Å². The van der Waals surface area contributed by atoms with Crippen LogP contribution in [0.4, 0.5) is 5.69 Å². The number of carbonyl (C=O) groups excluding carboxylic acids is 1. The summed E-state index contributed by atoms with van der Waals surface area (Å²) in [5.41, 5.74) is 2.19. The lowest BCUT2D eigenvalue weighted by molar-refractivity contribution is -0.128. The highest BCUT2D eigenvalue weighted by Crippen LogP contribution is 2.37. The van der Waals surface area contributed by atoms with Gasteiger partial charge in [0.1, 0.15) is 19.0 Å². The minimum absolute atomic E-state index is 0.146. The second kappa shape index (κ2) is 9.14. The molecule has 0 saturated heterocycles. The number of anilines is 1. The summed E-state index contributed by atoms with van der Waals surface area (Å²) in [5.74, 6) is 1.23. The number of para-hydroxylation sites is 2. The maximum atomic E-state index is 13.5. The van der Waals surface area contributed by atoms with E-state index in [1.165, 1.54) is 4.31 Å². The van der Waals surface area contributed by atoms with Gasteiger partial charge in [-0.15, -0.1) is 0 Å². The Morgan fingerprint density at radius 1 is 0.971 bits per heavy atom. The summed E-state index contributed by atoms with van der Waals surface area (Å²) in [4.78, 5) is 13.4. The molecule has 5 rings (SSSR count). The minimum atomic E-state index is -3.91. The zero-order valence-corrected chi connectivity index (χ0v) is 20.2. The van der Waals surface area contributed by atoms with E-state index in [0.717, 1.165) is 11.1 Å². The lowest BCUT2D eigenvalue weighted by atomic mass is 10.1. The Labute approximate surface area is 204 Å². The van der Waals surface area contributed by atoms with Gasteiger partial charge in [-0.1, -0.05) is 35.9 Å². The molecule has 3 aromatic rings. The molecule has 0 bridgehead atoms. The summed E-state index contributed by atoms with van der Waals surface area (Å²) in [6, 6.07) is 18.6. The average Bonchev–Trinajstić information content (AvgIpc) is 2.87. The van der Waals surface area contributed by atoms with E-state index in [1.54, 1.807) is 48.5 Å². The normalized spacial score (nSPS) is 17.7. The number of hydrogen-bond donors (Lipinski definition) is 1. The average molecular weight is 495 g/mol. The van der Waals surface area contributed by atoms with Crippen molar-refractivity contribution >= 4 is 21.6 Å². The SMILES string of the molecule is Cc1ccc(S(=O)(=O)N2C[C@@H](C(=O)N[C@H](C)c3ccc4c(c3)OCCO4)Oc3ccccc32)cc1. The number of sulfonamides is 1. The molecule has 0 unspecified atom stereocenters. The van der Waals surface area contributed by atoms with Crippen LogP contribution in [0, 0.1) is 6.92 Å². The molecule has 2 aliphatic heterocycles. The quantitative estimate of drug-likeness (QED) is 0.583. The molecule has 0 saturated carbocycles. The maximum absolute atomic E-state index is 13.5. The Morgan fingerprint density at radius 3 is 2.46 bits per heavy atom. The standard InChI is InChI=1S/C26H26N2O6S/c1-17-7-10-20(11-8-17)35(30,31)28-16-25(34-22-6-4-3-5-21(22)28)26(29)27-18(2)19-9-12-23-24(15-19)33-14-13-32-23/h3-12,15,18,25H,13-14,16H2,1-2H3,(H,27,29)/t18-,25+/m1/s1. The number of nitrogens with zero attached hydrogens (tertiary/aromatic N) is 1. The molecular weight excluding hydrogens is 468 g/mol. The molecule has 182 valence electrons. The summed E-state index contributed by atoms with van der Waals surface area (Å²) in [6.45, 7) is 4.57. The van der Waals surface area contributed by atoms with Gasteiger partial charge in [-0.25, -0.2) is 8.42 Å². The molecule has 35 heavy (non-hydrogen) atoms. The van der Waals surface area contributed by atoms with Gasteiger partial charge in [-0.05, 0) is 55.8 Å². The molecule has 2 atom stereocenters. The number of hydrogen-bond acceptors (Lipinski definition) is 6. The van der Waals surface area contributed by atoms with Crippen molar-refractivity contribution in [1.82, 2.24) is 5.32 Å². The predicted molar refractivity (Wildman–Crippen MR) is 131 cm³/mol. The molecule has 1 N–H and O–H groups in total. The van der Waals surface area contributed by atoms with Gasteiger partial charge < -0.3 is 19.5 Å². The second-order valence-corrected chi connectivity index (χ2v) is 10.4. The first-order valence-electron chi connectivity index (χ1n) is 11.4. The Bertz CT molecular complexity index is 1360. The molecule has 2 heterocycles. The Balaban J connectivity index is 1.38. The van der Waals surface area contributed by atoms with E-state index in [0.29, 0.717) is 36.1 Å². The third-order valence-electron chi connectivity index (χ3n) is 6.06. The fourth-order valence-electron chi connectivity index (χ4n) is 4.12. The zero-order chi connectivity index (χ0) is 24.6. The number of fused-ring (bicyclic) bond motifs is 2. The molecule has 3 aromatic carbocycles. The summed E-state index contributed by atoms with van der Waals surface area (Å²) >= 11 is 0. The lowest BCUT2D eigenvalue weighted by Crippen LogP contribution is -2.51. The van der Waals surface area contributed by atoms with Crippen molar-refractivity contribution in [2.24, 2.45) is 0 Å². The van der Waals surface area contributed by atoms with E-state index in [-0.39, 0.29) is 17.5 Å². The minimum Gasteiger partial charge on any atom is -0.486 e. The second-order valence-electron chi connectivity index (χ2n) is 8.56. The Kier molecular flexibility index (Phi) is 6.02. The van der Waals surface area contributed by atoms with E-state index < -0.39 is 22.0 Å². The molecule has 0 aliphatic carbocycles.